The molecule has 158 valence electrons. The molecule has 1 aromatic carbocycles. The minimum Gasteiger partial charge on any atom is -0.360 e. The summed E-state index contributed by atoms with van der Waals surface area (Å²) in [4.78, 5) is 43.7. The molecule has 3 amide bonds. The van der Waals surface area contributed by atoms with Crippen molar-refractivity contribution >= 4 is 41.0 Å². The first-order chi connectivity index (χ1) is 14.5. The van der Waals surface area contributed by atoms with Gasteiger partial charge >= 0.3 is 0 Å². The van der Waals surface area contributed by atoms with Crippen molar-refractivity contribution in [2.75, 3.05) is 55.2 Å². The van der Waals surface area contributed by atoms with Gasteiger partial charge in [0.1, 0.15) is 12.3 Å². The third-order valence-corrected chi connectivity index (χ3v) is 6.14. The number of fused-ring (bicyclic) bond motifs is 1. The fourth-order valence-electron chi connectivity index (χ4n) is 3.53. The molecule has 0 saturated carbocycles. The Hall–Kier alpha value is -2.85. The van der Waals surface area contributed by atoms with Crippen molar-refractivity contribution in [1.29, 1.82) is 0 Å². The molecule has 4 rings (SSSR count). The van der Waals surface area contributed by atoms with E-state index in [1.165, 1.54) is 11.8 Å². The van der Waals surface area contributed by atoms with E-state index in [4.69, 9.17) is 4.52 Å². The zero-order valence-electron chi connectivity index (χ0n) is 16.7. The summed E-state index contributed by atoms with van der Waals surface area (Å²) in [6.45, 7) is 4.26. The van der Waals surface area contributed by atoms with Gasteiger partial charge in [0, 0.05) is 37.1 Å². The van der Waals surface area contributed by atoms with Crippen LogP contribution in [0, 0.1) is 6.92 Å². The van der Waals surface area contributed by atoms with Gasteiger partial charge in [-0.25, -0.2) is 0 Å². The number of carbonyl (C=O) groups is 3. The van der Waals surface area contributed by atoms with Gasteiger partial charge in [-0.05, 0) is 19.1 Å². The molecule has 10 heteroatoms. The smallest absolute Gasteiger partial charge is 0.242 e. The van der Waals surface area contributed by atoms with E-state index in [2.05, 4.69) is 10.5 Å². The van der Waals surface area contributed by atoms with Gasteiger partial charge in [0.25, 0.3) is 0 Å². The Morgan fingerprint density at radius 3 is 2.67 bits per heavy atom. The molecule has 2 aromatic rings. The first kappa shape index (κ1) is 20.4. The Kier molecular flexibility index (Phi) is 6.05. The Labute approximate surface area is 178 Å². The number of hydrogen-bond acceptors (Lipinski definition) is 7. The van der Waals surface area contributed by atoms with Crippen molar-refractivity contribution in [3.8, 4) is 0 Å². The third-order valence-electron chi connectivity index (χ3n) is 5.09. The van der Waals surface area contributed by atoms with Gasteiger partial charge in [-0.2, -0.15) is 0 Å². The van der Waals surface area contributed by atoms with Crippen molar-refractivity contribution in [2.45, 2.75) is 11.8 Å². The van der Waals surface area contributed by atoms with Crippen LogP contribution >= 0.6 is 11.8 Å². The summed E-state index contributed by atoms with van der Waals surface area (Å²) in [6.07, 6.45) is 0. The number of nitrogens with zero attached hydrogens (tertiary/aromatic N) is 4. The van der Waals surface area contributed by atoms with E-state index >= 15 is 0 Å². The van der Waals surface area contributed by atoms with Crippen LogP contribution in [0.15, 0.2) is 39.8 Å². The molecular formula is C20H23N5O4S. The lowest BCUT2D eigenvalue weighted by Gasteiger charge is -2.36. The molecule has 3 heterocycles. The van der Waals surface area contributed by atoms with Crippen molar-refractivity contribution in [2.24, 2.45) is 0 Å². The van der Waals surface area contributed by atoms with Gasteiger partial charge in [0.05, 0.1) is 18.0 Å². The first-order valence-corrected chi connectivity index (χ1v) is 10.7. The number of piperazine rings is 1. The SMILES string of the molecule is Cc1cc(NC(=O)CN2CCN(C(=O)CN3C(=O)CSc4ccccc43)CC2)no1. The van der Waals surface area contributed by atoms with Gasteiger partial charge in [0.15, 0.2) is 5.82 Å². The maximum atomic E-state index is 12.8. The minimum atomic E-state index is -0.170. The third kappa shape index (κ3) is 4.65. The van der Waals surface area contributed by atoms with Crippen LogP contribution in [-0.4, -0.2) is 77.7 Å². The summed E-state index contributed by atoms with van der Waals surface area (Å²) in [5.74, 6) is 1.08. The monoisotopic (exact) mass is 429 g/mol. The second kappa shape index (κ2) is 8.88. The van der Waals surface area contributed by atoms with Crippen LogP contribution in [-0.2, 0) is 14.4 Å². The zero-order valence-corrected chi connectivity index (χ0v) is 17.5. The van der Waals surface area contributed by atoms with Gasteiger partial charge < -0.3 is 19.6 Å². The van der Waals surface area contributed by atoms with Crippen LogP contribution in [0.25, 0.3) is 0 Å². The largest absolute Gasteiger partial charge is 0.360 e. The lowest BCUT2D eigenvalue weighted by atomic mass is 10.2. The summed E-state index contributed by atoms with van der Waals surface area (Å²) in [5.41, 5.74) is 0.797. The number of para-hydroxylation sites is 1. The summed E-state index contributed by atoms with van der Waals surface area (Å²) >= 11 is 1.50. The summed E-state index contributed by atoms with van der Waals surface area (Å²) < 4.78 is 4.94. The molecule has 1 fully saturated rings. The molecule has 0 aliphatic carbocycles. The van der Waals surface area contributed by atoms with Gasteiger partial charge in [-0.1, -0.05) is 17.3 Å². The molecule has 0 spiro atoms. The van der Waals surface area contributed by atoms with E-state index in [0.717, 1.165) is 10.6 Å². The lowest BCUT2D eigenvalue weighted by molar-refractivity contribution is -0.133. The first-order valence-electron chi connectivity index (χ1n) is 9.75. The number of benzene rings is 1. The topological polar surface area (TPSA) is 99.0 Å². The van der Waals surface area contributed by atoms with Crippen LogP contribution in [0.5, 0.6) is 0 Å². The normalized spacial score (nSPS) is 17.0. The van der Waals surface area contributed by atoms with E-state index in [1.807, 2.05) is 29.2 Å². The molecule has 9 nitrogen and oxygen atoms in total. The molecule has 0 atom stereocenters. The highest BCUT2D eigenvalue weighted by molar-refractivity contribution is 8.00. The van der Waals surface area contributed by atoms with E-state index < -0.39 is 0 Å². The fourth-order valence-corrected chi connectivity index (χ4v) is 4.46. The number of nitrogens with one attached hydrogen (secondary N) is 1. The van der Waals surface area contributed by atoms with E-state index in [9.17, 15) is 14.4 Å². The average molecular weight is 430 g/mol. The molecule has 1 aromatic heterocycles. The molecule has 2 aliphatic rings. The maximum Gasteiger partial charge on any atom is 0.242 e. The number of hydrogen-bond donors (Lipinski definition) is 1. The van der Waals surface area contributed by atoms with Crippen LogP contribution in [0.3, 0.4) is 0 Å². The molecule has 1 saturated heterocycles. The molecule has 2 aliphatic heterocycles. The Morgan fingerprint density at radius 1 is 1.17 bits per heavy atom. The quantitative estimate of drug-likeness (QED) is 0.763. The van der Waals surface area contributed by atoms with Crippen molar-refractivity contribution in [3.05, 3.63) is 36.1 Å². The predicted molar refractivity (Wildman–Crippen MR) is 112 cm³/mol. The standard InChI is InChI=1S/C20H23N5O4S/c1-14-10-17(22-29-14)21-18(26)11-23-6-8-24(9-7-23)19(27)12-25-15-4-2-3-5-16(15)30-13-20(25)28/h2-5,10H,6-9,11-13H2,1H3,(H,21,22,26). The summed E-state index contributed by atoms with van der Waals surface area (Å²) in [7, 11) is 0. The lowest BCUT2D eigenvalue weighted by Crippen LogP contribution is -2.53. The molecule has 0 unspecified atom stereocenters. The highest BCUT2D eigenvalue weighted by Gasteiger charge is 2.29. The Balaban J connectivity index is 1.27. The second-order valence-corrected chi connectivity index (χ2v) is 8.28. The van der Waals surface area contributed by atoms with Crippen LogP contribution in [0.1, 0.15) is 5.76 Å². The Morgan fingerprint density at radius 2 is 1.93 bits per heavy atom. The highest BCUT2D eigenvalue weighted by Crippen LogP contribution is 2.34. The number of carbonyl (C=O) groups excluding carboxylic acids is 3. The van der Waals surface area contributed by atoms with Gasteiger partial charge in [0.2, 0.25) is 17.7 Å². The number of amides is 3. The van der Waals surface area contributed by atoms with Crippen LogP contribution in [0.2, 0.25) is 0 Å². The predicted octanol–water partition coefficient (Wildman–Crippen LogP) is 1.20. The van der Waals surface area contributed by atoms with E-state index in [-0.39, 0.29) is 30.8 Å². The van der Waals surface area contributed by atoms with Gasteiger partial charge in [-0.15, -0.1) is 11.8 Å². The second-order valence-electron chi connectivity index (χ2n) is 7.26. The Bertz CT molecular complexity index is 954. The summed E-state index contributed by atoms with van der Waals surface area (Å²) in [6, 6.07) is 9.31. The average Bonchev–Trinajstić information content (AvgIpc) is 3.15. The maximum absolute atomic E-state index is 12.8. The molecule has 1 N–H and O–H groups in total. The summed E-state index contributed by atoms with van der Waals surface area (Å²) in [5, 5.41) is 6.45. The zero-order chi connectivity index (χ0) is 21.1. The van der Waals surface area contributed by atoms with Crippen molar-refractivity contribution in [1.82, 2.24) is 15.0 Å². The number of rotatable bonds is 5. The minimum absolute atomic E-state index is 0.0441. The highest BCUT2D eigenvalue weighted by atomic mass is 32.2. The number of thioether (sulfide) groups is 1. The molecule has 30 heavy (non-hydrogen) atoms. The molecule has 0 bridgehead atoms. The van der Waals surface area contributed by atoms with E-state index in [0.29, 0.717) is 43.5 Å². The van der Waals surface area contributed by atoms with Crippen molar-refractivity contribution < 1.29 is 18.9 Å². The van der Waals surface area contributed by atoms with Gasteiger partial charge in [-0.3, -0.25) is 19.3 Å². The number of aromatic nitrogens is 1. The molecule has 0 radical (unpaired) electrons. The molecular weight excluding hydrogens is 406 g/mol. The van der Waals surface area contributed by atoms with Crippen LogP contribution in [0.4, 0.5) is 11.5 Å². The fraction of sp³-hybridized carbons (Fsp3) is 0.400. The van der Waals surface area contributed by atoms with E-state index in [1.54, 1.807) is 22.8 Å². The number of anilines is 2. The number of aryl methyl sites for hydroxylation is 1. The van der Waals surface area contributed by atoms with Crippen LogP contribution < -0.4 is 10.2 Å². The van der Waals surface area contributed by atoms with Crippen molar-refractivity contribution in [3.63, 3.8) is 0 Å².